The van der Waals surface area contributed by atoms with Crippen molar-refractivity contribution in [3.05, 3.63) is 24.3 Å². The number of hydrogen-bond donors (Lipinski definition) is 1. The Bertz CT molecular complexity index is 675. The minimum absolute atomic E-state index is 0.0479. The second-order valence-corrected chi connectivity index (χ2v) is 9.44. The lowest BCUT2D eigenvalue weighted by Crippen LogP contribution is -2.60. The molecule has 1 aromatic rings. The van der Waals surface area contributed by atoms with Crippen LogP contribution in [0.3, 0.4) is 0 Å². The van der Waals surface area contributed by atoms with Crippen molar-refractivity contribution < 1.29 is 18.8 Å². The van der Waals surface area contributed by atoms with Gasteiger partial charge in [-0.25, -0.2) is 4.79 Å². The van der Waals surface area contributed by atoms with Crippen molar-refractivity contribution in [1.29, 1.82) is 0 Å². The Morgan fingerprint density at radius 2 is 1.63 bits per heavy atom. The molecule has 6 nitrogen and oxygen atoms in total. The van der Waals surface area contributed by atoms with Crippen LogP contribution in [0, 0.1) is 0 Å². The Labute approximate surface area is 162 Å². The van der Waals surface area contributed by atoms with E-state index in [2.05, 4.69) is 31.0 Å². The van der Waals surface area contributed by atoms with E-state index in [-0.39, 0.29) is 22.8 Å². The average molecular weight is 374 g/mol. The molecule has 2 aliphatic rings. The molecule has 2 heterocycles. The summed E-state index contributed by atoms with van der Waals surface area (Å²) < 4.78 is 17.5. The van der Waals surface area contributed by atoms with Crippen LogP contribution in [0.5, 0.6) is 0 Å². The third kappa shape index (κ3) is 4.31. The maximum absolute atomic E-state index is 12.1. The first-order valence-electron chi connectivity index (χ1n) is 9.56. The topological polar surface area (TPSA) is 60.0 Å². The van der Waals surface area contributed by atoms with Crippen molar-refractivity contribution in [1.82, 2.24) is 4.90 Å². The van der Waals surface area contributed by atoms with Gasteiger partial charge in [0.05, 0.1) is 11.2 Å². The Hall–Kier alpha value is -1.57. The van der Waals surface area contributed by atoms with Gasteiger partial charge in [0.2, 0.25) is 0 Å². The minimum Gasteiger partial charge on any atom is -0.443 e. The zero-order valence-corrected chi connectivity index (χ0v) is 17.5. The largest absolute Gasteiger partial charge is 0.494 e. The Morgan fingerprint density at radius 3 is 2.11 bits per heavy atom. The van der Waals surface area contributed by atoms with Gasteiger partial charge in [0.25, 0.3) is 0 Å². The monoisotopic (exact) mass is 374 g/mol. The van der Waals surface area contributed by atoms with E-state index in [4.69, 9.17) is 14.0 Å². The third-order valence-corrected chi connectivity index (χ3v) is 5.75. The summed E-state index contributed by atoms with van der Waals surface area (Å²) in [5, 5.41) is 2.78. The average Bonchev–Trinajstić information content (AvgIpc) is 2.70. The molecule has 0 aliphatic carbocycles. The Morgan fingerprint density at radius 1 is 1.11 bits per heavy atom. The lowest BCUT2D eigenvalue weighted by molar-refractivity contribution is -0.0524. The zero-order valence-electron chi connectivity index (χ0n) is 17.5. The van der Waals surface area contributed by atoms with E-state index in [1.807, 2.05) is 52.0 Å². The summed E-state index contributed by atoms with van der Waals surface area (Å²) >= 11 is 0. The molecule has 0 bridgehead atoms. The molecular weight excluding hydrogens is 343 g/mol. The molecule has 0 unspecified atom stereocenters. The van der Waals surface area contributed by atoms with Gasteiger partial charge in [-0.05, 0) is 66.1 Å². The molecule has 1 aromatic carbocycles. The van der Waals surface area contributed by atoms with Crippen LogP contribution < -0.4 is 10.8 Å². The third-order valence-electron chi connectivity index (χ3n) is 5.75. The van der Waals surface area contributed by atoms with Crippen molar-refractivity contribution in [3.63, 3.8) is 0 Å². The fraction of sp³-hybridized carbons (Fsp3) is 0.650. The normalized spacial score (nSPS) is 22.4. The van der Waals surface area contributed by atoms with Gasteiger partial charge < -0.3 is 14.0 Å². The first-order chi connectivity index (χ1) is 12.4. The maximum atomic E-state index is 12.1. The molecular formula is C20H31BN2O4. The first kappa shape index (κ1) is 20.2. The van der Waals surface area contributed by atoms with Crippen LogP contribution in [0.1, 0.15) is 48.5 Å². The van der Waals surface area contributed by atoms with Gasteiger partial charge >= 0.3 is 13.2 Å². The molecule has 7 heteroatoms. The van der Waals surface area contributed by atoms with Gasteiger partial charge in [-0.15, -0.1) is 0 Å². The number of carbonyl (C=O) groups is 1. The van der Waals surface area contributed by atoms with E-state index < -0.39 is 13.2 Å². The number of likely N-dealkylation sites (tertiary alicyclic amines) is 1. The molecule has 0 aromatic heterocycles. The summed E-state index contributed by atoms with van der Waals surface area (Å²) in [6.45, 7) is 16.1. The lowest BCUT2D eigenvalue weighted by atomic mass is 9.79. The molecule has 3 rings (SSSR count). The van der Waals surface area contributed by atoms with Crippen LogP contribution in [0.25, 0.3) is 0 Å². The van der Waals surface area contributed by atoms with Crippen LogP contribution in [0.2, 0.25) is 0 Å². The molecule has 0 saturated carbocycles. The lowest BCUT2D eigenvalue weighted by Gasteiger charge is -2.46. The molecule has 27 heavy (non-hydrogen) atoms. The summed E-state index contributed by atoms with van der Waals surface area (Å²) in [5.74, 6) is 0. The van der Waals surface area contributed by atoms with Crippen molar-refractivity contribution in [2.75, 3.05) is 18.4 Å². The predicted octanol–water partition coefficient (Wildman–Crippen LogP) is 3.02. The van der Waals surface area contributed by atoms with Gasteiger partial charge in [-0.2, -0.15) is 0 Å². The van der Waals surface area contributed by atoms with E-state index in [1.54, 1.807) is 0 Å². The number of ether oxygens (including phenoxy) is 1. The number of rotatable bonds is 3. The number of carbonyl (C=O) groups excluding carboxylic acids is 1. The fourth-order valence-electron chi connectivity index (χ4n) is 3.06. The number of anilines is 1. The molecule has 0 radical (unpaired) electrons. The fourth-order valence-corrected chi connectivity index (χ4v) is 3.06. The zero-order chi connectivity index (χ0) is 20.0. The van der Waals surface area contributed by atoms with Crippen LogP contribution in [-0.2, 0) is 14.0 Å². The van der Waals surface area contributed by atoms with Crippen LogP contribution in [0.4, 0.5) is 10.5 Å². The second kappa shape index (κ2) is 6.80. The van der Waals surface area contributed by atoms with E-state index in [9.17, 15) is 4.79 Å². The SMILES string of the molecule is CC(C)(C)N1CC(OC(=O)Nc2ccc(B3OC(C)(C)C(C)(C)O3)cc2)C1. The van der Waals surface area contributed by atoms with Gasteiger partial charge in [-0.3, -0.25) is 10.2 Å². The van der Waals surface area contributed by atoms with Crippen LogP contribution >= 0.6 is 0 Å². The molecule has 148 valence electrons. The number of nitrogens with zero attached hydrogens (tertiary/aromatic N) is 1. The predicted molar refractivity (Wildman–Crippen MR) is 107 cm³/mol. The summed E-state index contributed by atoms with van der Waals surface area (Å²) in [4.78, 5) is 14.4. The van der Waals surface area contributed by atoms with Gasteiger partial charge in [0.1, 0.15) is 6.10 Å². The van der Waals surface area contributed by atoms with E-state index >= 15 is 0 Å². The molecule has 0 atom stereocenters. The standard InChI is InChI=1S/C20H31BN2O4/c1-18(2,3)23-12-16(13-23)25-17(24)22-15-10-8-14(9-11-15)21-26-19(4,5)20(6,7)27-21/h8-11,16H,12-13H2,1-7H3,(H,22,24). The summed E-state index contributed by atoms with van der Waals surface area (Å²) in [7, 11) is -0.408. The van der Waals surface area contributed by atoms with Crippen LogP contribution in [-0.4, -0.2) is 54.0 Å². The first-order valence-corrected chi connectivity index (χ1v) is 9.56. The number of nitrogens with one attached hydrogen (secondary N) is 1. The van der Waals surface area contributed by atoms with Gasteiger partial charge in [0.15, 0.2) is 0 Å². The highest BCUT2D eigenvalue weighted by atomic mass is 16.7. The molecule has 2 aliphatic heterocycles. The van der Waals surface area contributed by atoms with Crippen LogP contribution in [0.15, 0.2) is 24.3 Å². The van der Waals surface area contributed by atoms with E-state index in [0.717, 1.165) is 18.6 Å². The van der Waals surface area contributed by atoms with Gasteiger partial charge in [-0.1, -0.05) is 12.1 Å². The van der Waals surface area contributed by atoms with Crippen molar-refractivity contribution in [2.24, 2.45) is 0 Å². The maximum Gasteiger partial charge on any atom is 0.494 e. The molecule has 0 spiro atoms. The Balaban J connectivity index is 1.51. The number of hydrogen-bond acceptors (Lipinski definition) is 5. The van der Waals surface area contributed by atoms with Crippen molar-refractivity contribution in [3.8, 4) is 0 Å². The smallest absolute Gasteiger partial charge is 0.443 e. The molecule has 2 saturated heterocycles. The van der Waals surface area contributed by atoms with E-state index in [0.29, 0.717) is 5.69 Å². The number of amides is 1. The van der Waals surface area contributed by atoms with Crippen molar-refractivity contribution in [2.45, 2.75) is 71.3 Å². The molecule has 1 amide bonds. The van der Waals surface area contributed by atoms with E-state index in [1.165, 1.54) is 0 Å². The summed E-state index contributed by atoms with van der Waals surface area (Å²) in [6.07, 6.45) is -0.467. The second-order valence-electron chi connectivity index (χ2n) is 9.44. The molecule has 1 N–H and O–H groups in total. The highest BCUT2D eigenvalue weighted by molar-refractivity contribution is 6.62. The summed E-state index contributed by atoms with van der Waals surface area (Å²) in [5.41, 5.74) is 0.976. The highest BCUT2D eigenvalue weighted by Crippen LogP contribution is 2.36. The highest BCUT2D eigenvalue weighted by Gasteiger charge is 2.51. The quantitative estimate of drug-likeness (QED) is 0.825. The minimum atomic E-state index is -0.419. The van der Waals surface area contributed by atoms with Crippen molar-refractivity contribution >= 4 is 24.4 Å². The number of benzene rings is 1. The summed E-state index contributed by atoms with van der Waals surface area (Å²) in [6, 6.07) is 7.48. The van der Waals surface area contributed by atoms with Gasteiger partial charge in [0, 0.05) is 24.3 Å². The molecule has 2 fully saturated rings. The Kier molecular flexibility index (Phi) is 5.08.